The lowest BCUT2D eigenvalue weighted by Crippen LogP contribution is -2.44. The molecule has 3 N–H and O–H groups in total. The third-order valence-electron chi connectivity index (χ3n) is 3.11. The number of hydrogen-bond donors (Lipinski definition) is 2. The van der Waals surface area contributed by atoms with Crippen LogP contribution in [0.25, 0.3) is 0 Å². The van der Waals surface area contributed by atoms with Crippen molar-refractivity contribution >= 4 is 6.09 Å². The maximum Gasteiger partial charge on any atom is 0.407 e. The molecule has 4 nitrogen and oxygen atoms in total. The lowest BCUT2D eigenvalue weighted by molar-refractivity contribution is 0.0506. The number of nitrogens with one attached hydrogen (secondary N) is 1. The maximum absolute atomic E-state index is 11.8. The molecule has 0 radical (unpaired) electrons. The highest BCUT2D eigenvalue weighted by molar-refractivity contribution is 5.68. The van der Waals surface area contributed by atoms with Crippen molar-refractivity contribution in [2.24, 2.45) is 5.73 Å². The second-order valence-corrected chi connectivity index (χ2v) is 6.68. The standard InChI is InChI=1S/C17H28N2O2/c1-12(2)14-8-6-7-13(9-14)10-15(11-18)19-16(20)21-17(3,4)5/h6-9,12,15H,10-11,18H2,1-5H3,(H,19,20). The van der Waals surface area contributed by atoms with Crippen molar-refractivity contribution in [1.29, 1.82) is 0 Å². The van der Waals surface area contributed by atoms with Crippen molar-refractivity contribution < 1.29 is 9.53 Å². The quantitative estimate of drug-likeness (QED) is 0.876. The van der Waals surface area contributed by atoms with Crippen LogP contribution in [0.4, 0.5) is 4.79 Å². The van der Waals surface area contributed by atoms with Crippen LogP contribution in [0.2, 0.25) is 0 Å². The van der Waals surface area contributed by atoms with Crippen molar-refractivity contribution in [1.82, 2.24) is 5.32 Å². The molecule has 0 aromatic heterocycles. The Labute approximate surface area is 128 Å². The summed E-state index contributed by atoms with van der Waals surface area (Å²) in [6, 6.07) is 8.27. The van der Waals surface area contributed by atoms with Gasteiger partial charge >= 0.3 is 6.09 Å². The molecule has 21 heavy (non-hydrogen) atoms. The molecule has 0 aliphatic heterocycles. The average molecular weight is 292 g/mol. The second-order valence-electron chi connectivity index (χ2n) is 6.68. The van der Waals surface area contributed by atoms with Crippen LogP contribution >= 0.6 is 0 Å². The summed E-state index contributed by atoms with van der Waals surface area (Å²) in [4.78, 5) is 11.8. The van der Waals surface area contributed by atoms with Gasteiger partial charge in [-0.05, 0) is 44.2 Å². The summed E-state index contributed by atoms with van der Waals surface area (Å²) >= 11 is 0. The molecule has 0 bridgehead atoms. The van der Waals surface area contributed by atoms with E-state index in [1.165, 1.54) is 11.1 Å². The Kier molecular flexibility index (Phi) is 6.21. The molecule has 1 aromatic carbocycles. The van der Waals surface area contributed by atoms with Gasteiger partial charge in [-0.2, -0.15) is 0 Å². The zero-order valence-corrected chi connectivity index (χ0v) is 13.8. The minimum Gasteiger partial charge on any atom is -0.444 e. The smallest absolute Gasteiger partial charge is 0.407 e. The van der Waals surface area contributed by atoms with Crippen molar-refractivity contribution in [2.75, 3.05) is 6.54 Å². The van der Waals surface area contributed by atoms with Crippen LogP contribution in [-0.4, -0.2) is 24.3 Å². The first kappa shape index (κ1) is 17.5. The first-order chi connectivity index (χ1) is 9.71. The third-order valence-corrected chi connectivity index (χ3v) is 3.11. The van der Waals surface area contributed by atoms with E-state index in [0.29, 0.717) is 18.9 Å². The number of benzene rings is 1. The van der Waals surface area contributed by atoms with Crippen LogP contribution < -0.4 is 11.1 Å². The van der Waals surface area contributed by atoms with E-state index in [9.17, 15) is 4.79 Å². The summed E-state index contributed by atoms with van der Waals surface area (Å²) in [7, 11) is 0. The predicted octanol–water partition coefficient (Wildman–Crippen LogP) is 3.20. The minimum absolute atomic E-state index is 0.123. The molecule has 1 unspecified atom stereocenters. The first-order valence-corrected chi connectivity index (χ1v) is 7.49. The summed E-state index contributed by atoms with van der Waals surface area (Å²) in [5, 5.41) is 2.83. The van der Waals surface area contributed by atoms with Gasteiger partial charge in [-0.3, -0.25) is 0 Å². The maximum atomic E-state index is 11.8. The highest BCUT2D eigenvalue weighted by Gasteiger charge is 2.19. The minimum atomic E-state index is -0.499. The lowest BCUT2D eigenvalue weighted by Gasteiger charge is -2.23. The molecule has 0 fully saturated rings. The molecule has 1 atom stereocenters. The molecule has 1 aromatic rings. The Morgan fingerprint density at radius 3 is 2.52 bits per heavy atom. The van der Waals surface area contributed by atoms with E-state index in [0.717, 1.165) is 0 Å². The predicted molar refractivity (Wildman–Crippen MR) is 86.4 cm³/mol. The van der Waals surface area contributed by atoms with E-state index in [-0.39, 0.29) is 6.04 Å². The Bertz CT molecular complexity index is 464. The van der Waals surface area contributed by atoms with Crippen molar-refractivity contribution in [3.05, 3.63) is 35.4 Å². The van der Waals surface area contributed by atoms with Gasteiger partial charge in [0.1, 0.15) is 5.60 Å². The van der Waals surface area contributed by atoms with E-state index < -0.39 is 11.7 Å². The number of ether oxygens (including phenoxy) is 1. The second kappa shape index (κ2) is 7.46. The summed E-state index contributed by atoms with van der Waals surface area (Å²) in [5.74, 6) is 0.486. The van der Waals surface area contributed by atoms with E-state index in [4.69, 9.17) is 10.5 Å². The number of amides is 1. The Morgan fingerprint density at radius 1 is 1.33 bits per heavy atom. The van der Waals surface area contributed by atoms with Crippen LogP contribution in [0.1, 0.15) is 51.7 Å². The fraction of sp³-hybridized carbons (Fsp3) is 0.588. The molecular weight excluding hydrogens is 264 g/mol. The van der Waals surface area contributed by atoms with E-state index >= 15 is 0 Å². The highest BCUT2D eigenvalue weighted by Crippen LogP contribution is 2.16. The Hall–Kier alpha value is -1.55. The average Bonchev–Trinajstić information content (AvgIpc) is 2.36. The van der Waals surface area contributed by atoms with E-state index in [1.54, 1.807) is 0 Å². The molecule has 4 heteroatoms. The van der Waals surface area contributed by atoms with Crippen molar-refractivity contribution in [3.63, 3.8) is 0 Å². The van der Waals surface area contributed by atoms with Gasteiger partial charge in [0.15, 0.2) is 0 Å². The monoisotopic (exact) mass is 292 g/mol. The van der Waals surface area contributed by atoms with E-state index in [2.05, 4.69) is 37.4 Å². The number of hydrogen-bond acceptors (Lipinski definition) is 3. The van der Waals surface area contributed by atoms with Gasteiger partial charge in [-0.15, -0.1) is 0 Å². The van der Waals surface area contributed by atoms with Gasteiger partial charge in [0.2, 0.25) is 0 Å². The van der Waals surface area contributed by atoms with Crippen LogP contribution in [0.3, 0.4) is 0 Å². The van der Waals surface area contributed by atoms with Crippen LogP contribution in [-0.2, 0) is 11.2 Å². The topological polar surface area (TPSA) is 64.3 Å². The lowest BCUT2D eigenvalue weighted by atomic mass is 9.98. The zero-order chi connectivity index (χ0) is 16.0. The number of alkyl carbamates (subject to hydrolysis) is 1. The van der Waals surface area contributed by atoms with Crippen LogP contribution in [0, 0.1) is 0 Å². The number of carbonyl (C=O) groups excluding carboxylic acids is 1. The fourth-order valence-corrected chi connectivity index (χ4v) is 2.03. The SMILES string of the molecule is CC(C)c1cccc(CC(CN)NC(=O)OC(C)(C)C)c1. The fourth-order valence-electron chi connectivity index (χ4n) is 2.03. The Morgan fingerprint density at radius 2 is 2.00 bits per heavy atom. The summed E-state index contributed by atoms with van der Waals surface area (Å²) in [6.45, 7) is 10.2. The number of carbonyl (C=O) groups is 1. The third kappa shape index (κ3) is 6.63. The molecule has 0 heterocycles. The molecule has 0 saturated carbocycles. The molecule has 0 aliphatic carbocycles. The molecule has 1 rings (SSSR count). The van der Waals surface area contributed by atoms with Gasteiger partial charge in [0.05, 0.1) is 0 Å². The van der Waals surface area contributed by atoms with E-state index in [1.807, 2.05) is 26.8 Å². The van der Waals surface area contributed by atoms with Gasteiger partial charge in [0, 0.05) is 12.6 Å². The first-order valence-electron chi connectivity index (χ1n) is 7.49. The van der Waals surface area contributed by atoms with Gasteiger partial charge in [0.25, 0.3) is 0 Å². The van der Waals surface area contributed by atoms with Crippen molar-refractivity contribution in [2.45, 2.75) is 58.6 Å². The summed E-state index contributed by atoms with van der Waals surface area (Å²) in [5.41, 5.74) is 7.73. The molecular formula is C17H28N2O2. The van der Waals surface area contributed by atoms with Gasteiger partial charge in [-0.1, -0.05) is 38.1 Å². The number of nitrogens with two attached hydrogens (primary N) is 1. The molecule has 1 amide bonds. The van der Waals surface area contributed by atoms with Crippen molar-refractivity contribution in [3.8, 4) is 0 Å². The van der Waals surface area contributed by atoms with Crippen LogP contribution in [0.5, 0.6) is 0 Å². The summed E-state index contributed by atoms with van der Waals surface area (Å²) in [6.07, 6.45) is 0.286. The van der Waals surface area contributed by atoms with Gasteiger partial charge < -0.3 is 15.8 Å². The summed E-state index contributed by atoms with van der Waals surface area (Å²) < 4.78 is 5.26. The zero-order valence-electron chi connectivity index (χ0n) is 13.8. The normalized spacial score (nSPS) is 13.1. The van der Waals surface area contributed by atoms with Crippen LogP contribution in [0.15, 0.2) is 24.3 Å². The van der Waals surface area contributed by atoms with Gasteiger partial charge in [-0.25, -0.2) is 4.79 Å². The number of rotatable bonds is 5. The highest BCUT2D eigenvalue weighted by atomic mass is 16.6. The molecule has 0 aliphatic rings. The molecule has 118 valence electrons. The molecule has 0 saturated heterocycles. The largest absolute Gasteiger partial charge is 0.444 e. The Balaban J connectivity index is 2.66. The molecule has 0 spiro atoms.